The van der Waals surface area contributed by atoms with E-state index >= 15 is 0 Å². The second-order valence-electron chi connectivity index (χ2n) is 7.35. The number of hydrogen-bond donors (Lipinski definition) is 2. The summed E-state index contributed by atoms with van der Waals surface area (Å²) in [4.78, 5) is 29.4. The Morgan fingerprint density at radius 2 is 2.23 bits per heavy atom. The van der Waals surface area contributed by atoms with Gasteiger partial charge in [-0.05, 0) is 37.3 Å². The molecule has 0 saturated heterocycles. The first-order valence-electron chi connectivity index (χ1n) is 8.95. The van der Waals surface area contributed by atoms with Crippen molar-refractivity contribution in [1.82, 2.24) is 10.3 Å². The molecule has 4 aliphatic rings. The van der Waals surface area contributed by atoms with Crippen LogP contribution in [0.5, 0.6) is 5.75 Å². The summed E-state index contributed by atoms with van der Waals surface area (Å²) in [5.74, 6) is 0.881. The maximum absolute atomic E-state index is 12.7. The van der Waals surface area contributed by atoms with Crippen molar-refractivity contribution in [2.75, 3.05) is 5.32 Å². The molecule has 2 N–H and O–H groups in total. The Labute approximate surface area is 155 Å². The average Bonchev–Trinajstić information content (AvgIpc) is 3.15. The van der Waals surface area contributed by atoms with Crippen LogP contribution in [0, 0.1) is 17.8 Å². The van der Waals surface area contributed by atoms with Gasteiger partial charge < -0.3 is 15.4 Å². The zero-order chi connectivity index (χ0) is 17.7. The van der Waals surface area contributed by atoms with E-state index in [1.54, 1.807) is 12.3 Å². The lowest BCUT2D eigenvalue weighted by Gasteiger charge is -2.55. The third-order valence-electron chi connectivity index (χ3n) is 5.97. The van der Waals surface area contributed by atoms with Crippen LogP contribution in [0.4, 0.5) is 5.13 Å². The first kappa shape index (κ1) is 15.8. The highest BCUT2D eigenvalue weighted by molar-refractivity contribution is 7.13. The first-order valence-corrected chi connectivity index (χ1v) is 9.83. The maximum Gasteiger partial charge on any atom is 0.258 e. The van der Waals surface area contributed by atoms with Gasteiger partial charge in [0.05, 0.1) is 5.56 Å². The molecular formula is C19H19N3O3S. The highest BCUT2D eigenvalue weighted by Crippen LogP contribution is 2.52. The molecule has 2 aromatic rings. The smallest absolute Gasteiger partial charge is 0.258 e. The number of benzene rings is 1. The van der Waals surface area contributed by atoms with Crippen molar-refractivity contribution >= 4 is 28.3 Å². The van der Waals surface area contributed by atoms with Gasteiger partial charge in [-0.1, -0.05) is 12.1 Å². The van der Waals surface area contributed by atoms with Gasteiger partial charge in [-0.25, -0.2) is 4.98 Å². The van der Waals surface area contributed by atoms with Crippen molar-refractivity contribution in [2.45, 2.75) is 31.4 Å². The van der Waals surface area contributed by atoms with Crippen LogP contribution in [0.1, 0.15) is 36.0 Å². The van der Waals surface area contributed by atoms with Crippen LogP contribution >= 0.6 is 11.3 Å². The van der Waals surface area contributed by atoms with Crippen LogP contribution < -0.4 is 15.4 Å². The van der Waals surface area contributed by atoms with Gasteiger partial charge in [-0.2, -0.15) is 0 Å². The van der Waals surface area contributed by atoms with E-state index in [-0.39, 0.29) is 29.6 Å². The Balaban J connectivity index is 1.38. The number of aromatic nitrogens is 1. The fraction of sp³-hybridized carbons (Fsp3) is 0.421. The number of para-hydroxylation sites is 1. The van der Waals surface area contributed by atoms with Gasteiger partial charge in [-0.3, -0.25) is 9.59 Å². The molecule has 2 bridgehead atoms. The molecule has 3 saturated carbocycles. The van der Waals surface area contributed by atoms with Crippen LogP contribution in [-0.2, 0) is 4.79 Å². The monoisotopic (exact) mass is 369 g/mol. The second kappa shape index (κ2) is 5.81. The normalized spacial score (nSPS) is 31.8. The van der Waals surface area contributed by atoms with Gasteiger partial charge in [0.25, 0.3) is 5.91 Å². The number of hydrogen-bond acceptors (Lipinski definition) is 5. The molecule has 3 aliphatic carbocycles. The Kier molecular flexibility index (Phi) is 3.53. The van der Waals surface area contributed by atoms with E-state index in [0.29, 0.717) is 22.9 Å². The fourth-order valence-corrected chi connectivity index (χ4v) is 5.30. The summed E-state index contributed by atoms with van der Waals surface area (Å²) >= 11 is 1.42. The molecule has 1 aromatic carbocycles. The third kappa shape index (κ3) is 2.41. The summed E-state index contributed by atoms with van der Waals surface area (Å²) in [6.07, 6.45) is 5.04. The van der Waals surface area contributed by atoms with Crippen LogP contribution in [0.2, 0.25) is 0 Å². The summed E-state index contributed by atoms with van der Waals surface area (Å²) in [6, 6.07) is 7.36. The molecule has 134 valence electrons. The van der Waals surface area contributed by atoms with Crippen molar-refractivity contribution in [1.29, 1.82) is 0 Å². The molecular weight excluding hydrogens is 350 g/mol. The number of carbonyl (C=O) groups is 2. The van der Waals surface area contributed by atoms with E-state index < -0.39 is 5.72 Å². The van der Waals surface area contributed by atoms with Crippen LogP contribution in [-0.4, -0.2) is 22.5 Å². The minimum atomic E-state index is -0.674. The molecule has 3 fully saturated rings. The summed E-state index contributed by atoms with van der Waals surface area (Å²) in [5, 5.41) is 8.54. The van der Waals surface area contributed by atoms with Crippen molar-refractivity contribution in [3.05, 3.63) is 41.4 Å². The highest BCUT2D eigenvalue weighted by atomic mass is 32.1. The number of rotatable bonds is 2. The molecule has 2 heterocycles. The van der Waals surface area contributed by atoms with Gasteiger partial charge >= 0.3 is 0 Å². The lowest BCUT2D eigenvalue weighted by atomic mass is 9.60. The lowest BCUT2D eigenvalue weighted by Crippen LogP contribution is -2.66. The van der Waals surface area contributed by atoms with Crippen LogP contribution in [0.3, 0.4) is 0 Å². The number of nitrogens with zero attached hydrogens (tertiary/aromatic N) is 1. The van der Waals surface area contributed by atoms with Gasteiger partial charge in [0.2, 0.25) is 5.91 Å². The second-order valence-corrected chi connectivity index (χ2v) is 8.24. The molecule has 2 amide bonds. The molecule has 6 nitrogen and oxygen atoms in total. The van der Waals surface area contributed by atoms with E-state index in [1.165, 1.54) is 11.3 Å². The summed E-state index contributed by atoms with van der Waals surface area (Å²) < 4.78 is 6.32. The minimum Gasteiger partial charge on any atom is -0.467 e. The number of anilines is 1. The first-order chi connectivity index (χ1) is 12.6. The van der Waals surface area contributed by atoms with E-state index in [2.05, 4.69) is 15.6 Å². The van der Waals surface area contributed by atoms with E-state index in [4.69, 9.17) is 4.74 Å². The van der Waals surface area contributed by atoms with Crippen molar-refractivity contribution in [3.8, 4) is 5.75 Å². The van der Waals surface area contributed by atoms with Crippen molar-refractivity contribution < 1.29 is 14.3 Å². The maximum atomic E-state index is 12.7. The Morgan fingerprint density at radius 1 is 1.35 bits per heavy atom. The van der Waals surface area contributed by atoms with Crippen LogP contribution in [0.15, 0.2) is 35.8 Å². The average molecular weight is 369 g/mol. The Hall–Kier alpha value is -2.41. The van der Waals surface area contributed by atoms with Crippen molar-refractivity contribution in [3.63, 3.8) is 0 Å². The Bertz CT molecular complexity index is 869. The number of amides is 2. The number of carbonyl (C=O) groups excluding carboxylic acids is 2. The quantitative estimate of drug-likeness (QED) is 0.853. The van der Waals surface area contributed by atoms with E-state index in [1.807, 2.05) is 23.6 Å². The molecule has 7 heteroatoms. The molecule has 6 rings (SSSR count). The van der Waals surface area contributed by atoms with Gasteiger partial charge in [0.15, 0.2) is 10.9 Å². The van der Waals surface area contributed by atoms with Gasteiger partial charge in [0.1, 0.15) is 5.75 Å². The number of nitrogens with one attached hydrogen (secondary N) is 2. The van der Waals surface area contributed by atoms with Gasteiger partial charge in [-0.15, -0.1) is 11.3 Å². The summed E-state index contributed by atoms with van der Waals surface area (Å²) in [6.45, 7) is 0. The topological polar surface area (TPSA) is 80.3 Å². The molecule has 4 atom stereocenters. The third-order valence-corrected chi connectivity index (χ3v) is 6.65. The fourth-order valence-electron chi connectivity index (χ4n) is 4.76. The SMILES string of the molecule is O=C1N[C@]2(C[C@H]3CC[C@H]2C[C@H]3C(=O)Nc2nccs2)Oc2ccccc21. The van der Waals surface area contributed by atoms with Gasteiger partial charge in [0, 0.05) is 29.8 Å². The largest absolute Gasteiger partial charge is 0.467 e. The molecule has 1 aromatic heterocycles. The zero-order valence-electron chi connectivity index (χ0n) is 14.1. The van der Waals surface area contributed by atoms with E-state index in [0.717, 1.165) is 19.3 Å². The minimum absolute atomic E-state index is 0.0343. The van der Waals surface area contributed by atoms with E-state index in [9.17, 15) is 9.59 Å². The standard InChI is InChI=1S/C19H19N3O3S/c23-16(21-18-20-7-8-26-18)14-9-12-6-5-11(14)10-19(12)22-17(24)13-3-1-2-4-15(13)25-19/h1-4,7-8,11-12,14H,5-6,9-10H2,(H,22,24)(H,20,21,23)/t11-,12+,14-,19-/m1/s1. The van der Waals surface area contributed by atoms with Crippen LogP contribution in [0.25, 0.3) is 0 Å². The summed E-state index contributed by atoms with van der Waals surface area (Å²) in [7, 11) is 0. The number of ether oxygens (including phenoxy) is 1. The van der Waals surface area contributed by atoms with Crippen molar-refractivity contribution in [2.24, 2.45) is 17.8 Å². The predicted molar refractivity (Wildman–Crippen MR) is 96.9 cm³/mol. The molecule has 0 unspecified atom stereocenters. The zero-order valence-corrected chi connectivity index (χ0v) is 14.9. The number of fused-ring (bicyclic) bond motifs is 3. The molecule has 1 spiro atoms. The lowest BCUT2D eigenvalue weighted by molar-refractivity contribution is -0.142. The predicted octanol–water partition coefficient (Wildman–Crippen LogP) is 3.04. The molecule has 26 heavy (non-hydrogen) atoms. The Morgan fingerprint density at radius 3 is 3.00 bits per heavy atom. The highest BCUT2D eigenvalue weighted by Gasteiger charge is 2.57. The number of thiazole rings is 1. The summed E-state index contributed by atoms with van der Waals surface area (Å²) in [5.41, 5.74) is -0.0931. The molecule has 1 aliphatic heterocycles. The molecule has 0 radical (unpaired) electrons.